The average Bonchev–Trinajstić information content (AvgIpc) is 3.11. The standard InChI is InChI=1S/C18H22N6O3/c1-26-14-6-4-5-13(9-14)10-20-18(25)27-8-3-2-7-24-12-23-15-16(19)21-11-22-17(15)24/h4-6,9,11-12H,2-3,7-8,10H2,1H3,(H,20,25)(H2,19,21,22). The molecule has 27 heavy (non-hydrogen) atoms. The molecule has 0 fully saturated rings. The maximum atomic E-state index is 11.8. The van der Waals surface area contributed by atoms with Crippen molar-refractivity contribution in [3.8, 4) is 5.75 Å². The number of benzene rings is 1. The number of amides is 1. The molecule has 2 heterocycles. The zero-order valence-electron chi connectivity index (χ0n) is 15.1. The van der Waals surface area contributed by atoms with Crippen LogP contribution in [0.1, 0.15) is 18.4 Å². The van der Waals surface area contributed by atoms with E-state index in [9.17, 15) is 4.79 Å². The molecule has 0 aliphatic carbocycles. The Morgan fingerprint density at radius 3 is 3.00 bits per heavy atom. The summed E-state index contributed by atoms with van der Waals surface area (Å²) in [6, 6.07) is 7.51. The first-order chi connectivity index (χ1) is 13.2. The van der Waals surface area contributed by atoms with Crippen molar-refractivity contribution in [1.29, 1.82) is 0 Å². The summed E-state index contributed by atoms with van der Waals surface area (Å²) in [5, 5.41) is 2.72. The number of rotatable bonds is 8. The third kappa shape index (κ3) is 4.84. The van der Waals surface area contributed by atoms with Crippen molar-refractivity contribution < 1.29 is 14.3 Å². The first-order valence-electron chi connectivity index (χ1n) is 8.62. The summed E-state index contributed by atoms with van der Waals surface area (Å²) in [6.07, 6.45) is 4.22. The van der Waals surface area contributed by atoms with Gasteiger partial charge in [-0.1, -0.05) is 12.1 Å². The third-order valence-electron chi connectivity index (χ3n) is 4.03. The first kappa shape index (κ1) is 18.4. The number of carbonyl (C=O) groups is 1. The maximum absolute atomic E-state index is 11.8. The fraction of sp³-hybridized carbons (Fsp3) is 0.333. The van der Waals surface area contributed by atoms with Gasteiger partial charge in [0.15, 0.2) is 11.5 Å². The number of unbranched alkanes of at least 4 members (excludes halogenated alkanes) is 1. The number of anilines is 1. The van der Waals surface area contributed by atoms with Gasteiger partial charge in [-0.15, -0.1) is 0 Å². The summed E-state index contributed by atoms with van der Waals surface area (Å²) in [7, 11) is 1.61. The number of hydrogen-bond acceptors (Lipinski definition) is 7. The number of nitrogens with two attached hydrogens (primary N) is 1. The number of ether oxygens (including phenoxy) is 2. The van der Waals surface area contributed by atoms with E-state index in [0.717, 1.165) is 24.2 Å². The third-order valence-corrected chi connectivity index (χ3v) is 4.03. The molecule has 1 amide bonds. The summed E-state index contributed by atoms with van der Waals surface area (Å²) in [5.41, 5.74) is 8.02. The molecule has 1 aromatic carbocycles. The number of hydrogen-bond donors (Lipinski definition) is 2. The summed E-state index contributed by atoms with van der Waals surface area (Å²) in [5.74, 6) is 1.12. The fourth-order valence-corrected chi connectivity index (χ4v) is 2.62. The van der Waals surface area contributed by atoms with Crippen molar-refractivity contribution >= 4 is 23.1 Å². The molecule has 0 saturated heterocycles. The second-order valence-electron chi connectivity index (χ2n) is 5.92. The molecule has 0 unspecified atom stereocenters. The zero-order valence-corrected chi connectivity index (χ0v) is 15.1. The van der Waals surface area contributed by atoms with Crippen LogP contribution in [-0.4, -0.2) is 39.3 Å². The Hall–Kier alpha value is -3.36. The largest absolute Gasteiger partial charge is 0.497 e. The van der Waals surface area contributed by atoms with Crippen molar-refractivity contribution in [1.82, 2.24) is 24.8 Å². The summed E-state index contributed by atoms with van der Waals surface area (Å²) in [4.78, 5) is 24.1. The molecule has 0 spiro atoms. The quantitative estimate of drug-likeness (QED) is 0.583. The van der Waals surface area contributed by atoms with Gasteiger partial charge in [0.05, 0.1) is 20.0 Å². The molecule has 3 aromatic rings. The smallest absolute Gasteiger partial charge is 0.407 e. The van der Waals surface area contributed by atoms with Gasteiger partial charge in [-0.05, 0) is 30.5 Å². The number of nitrogen functional groups attached to an aromatic ring is 1. The van der Waals surface area contributed by atoms with Crippen LogP contribution in [0, 0.1) is 0 Å². The van der Waals surface area contributed by atoms with E-state index in [0.29, 0.717) is 36.7 Å². The molecule has 0 bridgehead atoms. The van der Waals surface area contributed by atoms with Crippen LogP contribution in [-0.2, 0) is 17.8 Å². The Kier molecular flexibility index (Phi) is 6.03. The van der Waals surface area contributed by atoms with Gasteiger partial charge in [0.1, 0.15) is 17.6 Å². The van der Waals surface area contributed by atoms with E-state index in [1.807, 2.05) is 28.8 Å². The number of methoxy groups -OCH3 is 1. The molecule has 0 saturated carbocycles. The van der Waals surface area contributed by atoms with Gasteiger partial charge in [0, 0.05) is 13.1 Å². The molecule has 0 atom stereocenters. The van der Waals surface area contributed by atoms with Gasteiger partial charge in [0.25, 0.3) is 0 Å². The highest BCUT2D eigenvalue weighted by atomic mass is 16.5. The lowest BCUT2D eigenvalue weighted by atomic mass is 10.2. The number of nitrogens with one attached hydrogen (secondary N) is 1. The molecule has 3 rings (SSSR count). The SMILES string of the molecule is COc1cccc(CNC(=O)OCCCCn2cnc3c(N)ncnc32)c1. The first-order valence-corrected chi connectivity index (χ1v) is 8.62. The molecular weight excluding hydrogens is 348 g/mol. The summed E-state index contributed by atoms with van der Waals surface area (Å²) < 4.78 is 12.3. The molecule has 0 radical (unpaired) electrons. The second-order valence-corrected chi connectivity index (χ2v) is 5.92. The van der Waals surface area contributed by atoms with E-state index in [2.05, 4.69) is 20.3 Å². The number of aromatic nitrogens is 4. The Bertz CT molecular complexity index is 911. The van der Waals surface area contributed by atoms with Crippen LogP contribution in [0.15, 0.2) is 36.9 Å². The van der Waals surface area contributed by atoms with E-state index < -0.39 is 6.09 Å². The highest BCUT2D eigenvalue weighted by Crippen LogP contribution is 2.15. The number of carbonyl (C=O) groups excluding carboxylic acids is 1. The maximum Gasteiger partial charge on any atom is 0.407 e. The summed E-state index contributed by atoms with van der Waals surface area (Å²) in [6.45, 7) is 1.44. The summed E-state index contributed by atoms with van der Waals surface area (Å²) >= 11 is 0. The highest BCUT2D eigenvalue weighted by Gasteiger charge is 2.07. The molecule has 0 aliphatic heterocycles. The molecule has 2 aromatic heterocycles. The van der Waals surface area contributed by atoms with Crippen LogP contribution in [0.3, 0.4) is 0 Å². The minimum atomic E-state index is -0.439. The lowest BCUT2D eigenvalue weighted by molar-refractivity contribution is 0.143. The van der Waals surface area contributed by atoms with Gasteiger partial charge in [0.2, 0.25) is 0 Å². The van der Waals surface area contributed by atoms with E-state index in [1.165, 1.54) is 6.33 Å². The van der Waals surface area contributed by atoms with Crippen LogP contribution in [0.2, 0.25) is 0 Å². The molecule has 9 nitrogen and oxygen atoms in total. The molecule has 0 aliphatic rings. The van der Waals surface area contributed by atoms with Crippen LogP contribution < -0.4 is 15.8 Å². The zero-order chi connectivity index (χ0) is 19.1. The number of alkyl carbamates (subject to hydrolysis) is 1. The van der Waals surface area contributed by atoms with Gasteiger partial charge >= 0.3 is 6.09 Å². The minimum Gasteiger partial charge on any atom is -0.497 e. The van der Waals surface area contributed by atoms with Crippen LogP contribution in [0.25, 0.3) is 11.2 Å². The van der Waals surface area contributed by atoms with E-state index >= 15 is 0 Å². The Morgan fingerprint density at radius 2 is 2.15 bits per heavy atom. The Balaban J connectivity index is 1.36. The van der Waals surface area contributed by atoms with Crippen molar-refractivity contribution in [3.63, 3.8) is 0 Å². The number of nitrogens with zero attached hydrogens (tertiary/aromatic N) is 4. The molecule has 3 N–H and O–H groups in total. The predicted octanol–water partition coefficient (Wildman–Crippen LogP) is 2.12. The van der Waals surface area contributed by atoms with Crippen LogP contribution >= 0.6 is 0 Å². The molecular formula is C18H22N6O3. The topological polar surface area (TPSA) is 117 Å². The number of fused-ring (bicyclic) bond motifs is 1. The number of aryl methyl sites for hydroxylation is 1. The average molecular weight is 370 g/mol. The van der Waals surface area contributed by atoms with E-state index in [1.54, 1.807) is 13.4 Å². The Labute approximate surface area is 156 Å². The van der Waals surface area contributed by atoms with E-state index in [-0.39, 0.29) is 0 Å². The van der Waals surface area contributed by atoms with Crippen molar-refractivity contribution in [2.75, 3.05) is 19.5 Å². The predicted molar refractivity (Wildman–Crippen MR) is 100 cm³/mol. The second kappa shape index (κ2) is 8.84. The van der Waals surface area contributed by atoms with Crippen LogP contribution in [0.5, 0.6) is 5.75 Å². The van der Waals surface area contributed by atoms with Gasteiger partial charge in [-0.25, -0.2) is 19.7 Å². The normalized spacial score (nSPS) is 10.7. The van der Waals surface area contributed by atoms with Gasteiger partial charge < -0.3 is 25.1 Å². The lowest BCUT2D eigenvalue weighted by Crippen LogP contribution is -2.24. The van der Waals surface area contributed by atoms with Gasteiger partial charge in [-0.3, -0.25) is 0 Å². The minimum absolute atomic E-state index is 0.341. The van der Waals surface area contributed by atoms with Crippen LogP contribution in [0.4, 0.5) is 10.6 Å². The molecule has 142 valence electrons. The number of imidazole rings is 1. The van der Waals surface area contributed by atoms with Crippen molar-refractivity contribution in [3.05, 3.63) is 42.5 Å². The van der Waals surface area contributed by atoms with Gasteiger partial charge in [-0.2, -0.15) is 0 Å². The highest BCUT2D eigenvalue weighted by molar-refractivity contribution is 5.81. The monoisotopic (exact) mass is 370 g/mol. The van der Waals surface area contributed by atoms with E-state index in [4.69, 9.17) is 15.2 Å². The fourth-order valence-electron chi connectivity index (χ4n) is 2.62. The molecule has 9 heteroatoms. The Morgan fingerprint density at radius 1 is 1.26 bits per heavy atom. The van der Waals surface area contributed by atoms with Crippen molar-refractivity contribution in [2.45, 2.75) is 25.9 Å². The lowest BCUT2D eigenvalue weighted by Gasteiger charge is -2.08. The van der Waals surface area contributed by atoms with Crippen molar-refractivity contribution in [2.24, 2.45) is 0 Å².